The van der Waals surface area contributed by atoms with E-state index in [9.17, 15) is 9.59 Å². The van der Waals surface area contributed by atoms with Gasteiger partial charge in [-0.05, 0) is 42.0 Å². The van der Waals surface area contributed by atoms with E-state index in [0.29, 0.717) is 30.8 Å². The van der Waals surface area contributed by atoms with E-state index in [1.54, 1.807) is 31.4 Å². The van der Waals surface area contributed by atoms with Gasteiger partial charge >= 0.3 is 0 Å². The summed E-state index contributed by atoms with van der Waals surface area (Å²) < 4.78 is 5.82. The van der Waals surface area contributed by atoms with Gasteiger partial charge in [0.1, 0.15) is 0 Å². The molecule has 0 spiro atoms. The largest absolute Gasteiger partial charge is 0.383 e. The smallest absolute Gasteiger partial charge is 0.251 e. The molecule has 5 nitrogen and oxygen atoms in total. The Labute approximate surface area is 149 Å². The van der Waals surface area contributed by atoms with E-state index in [4.69, 9.17) is 4.74 Å². The van der Waals surface area contributed by atoms with E-state index in [-0.39, 0.29) is 11.8 Å². The second-order valence-corrected chi connectivity index (χ2v) is 6.05. The molecule has 0 saturated heterocycles. The highest BCUT2D eigenvalue weighted by Gasteiger charge is 2.07. The Morgan fingerprint density at radius 1 is 0.917 bits per heavy atom. The molecule has 0 aliphatic heterocycles. The fourth-order valence-corrected chi connectivity index (χ4v) is 2.29. The minimum absolute atomic E-state index is 0.135. The van der Waals surface area contributed by atoms with E-state index >= 15 is 0 Å². The Bertz CT molecular complexity index is 684. The second-order valence-electron chi connectivity index (χ2n) is 5.14. The van der Waals surface area contributed by atoms with Crippen LogP contribution in [0, 0.1) is 0 Å². The van der Waals surface area contributed by atoms with E-state index < -0.39 is 0 Å². The molecule has 24 heavy (non-hydrogen) atoms. The van der Waals surface area contributed by atoms with Crippen molar-refractivity contribution < 1.29 is 14.3 Å². The maximum atomic E-state index is 12.0. The molecule has 0 unspecified atom stereocenters. The van der Waals surface area contributed by atoms with Crippen molar-refractivity contribution in [3.05, 3.63) is 69.7 Å². The number of nitrogens with one attached hydrogen (secondary N) is 2. The number of carbonyl (C=O) groups is 2. The lowest BCUT2D eigenvalue weighted by atomic mass is 10.1. The van der Waals surface area contributed by atoms with Crippen molar-refractivity contribution in [1.82, 2.24) is 10.6 Å². The number of hydrogen-bond acceptors (Lipinski definition) is 3. The molecular formula is C18H19BrN2O3. The third-order valence-corrected chi connectivity index (χ3v) is 3.90. The molecule has 2 amide bonds. The Morgan fingerprint density at radius 3 is 2.04 bits per heavy atom. The quantitative estimate of drug-likeness (QED) is 0.714. The third kappa shape index (κ3) is 5.47. The van der Waals surface area contributed by atoms with Gasteiger partial charge in [0.25, 0.3) is 11.8 Å². The summed E-state index contributed by atoms with van der Waals surface area (Å²) >= 11 is 3.34. The van der Waals surface area contributed by atoms with Crippen LogP contribution in [0.3, 0.4) is 0 Å². The van der Waals surface area contributed by atoms with Crippen molar-refractivity contribution in [2.24, 2.45) is 0 Å². The van der Waals surface area contributed by atoms with Crippen molar-refractivity contribution in [2.45, 2.75) is 6.54 Å². The highest BCUT2D eigenvalue weighted by atomic mass is 79.9. The molecule has 0 heterocycles. The van der Waals surface area contributed by atoms with E-state index in [0.717, 1.165) is 10.0 Å². The molecule has 0 aliphatic rings. The first-order chi connectivity index (χ1) is 11.6. The summed E-state index contributed by atoms with van der Waals surface area (Å²) in [6, 6.07) is 14.3. The number of hydrogen-bond donors (Lipinski definition) is 2. The number of carbonyl (C=O) groups excluding carboxylic acids is 2. The zero-order valence-electron chi connectivity index (χ0n) is 13.3. The first-order valence-corrected chi connectivity index (χ1v) is 8.29. The van der Waals surface area contributed by atoms with Crippen LogP contribution < -0.4 is 10.6 Å². The van der Waals surface area contributed by atoms with Gasteiger partial charge in [-0.25, -0.2) is 0 Å². The minimum atomic E-state index is -0.141. The van der Waals surface area contributed by atoms with Crippen LogP contribution in [0.5, 0.6) is 0 Å². The van der Waals surface area contributed by atoms with Crippen LogP contribution >= 0.6 is 15.9 Å². The van der Waals surface area contributed by atoms with Crippen LogP contribution in [-0.2, 0) is 11.3 Å². The number of halogens is 1. The van der Waals surface area contributed by atoms with Gasteiger partial charge < -0.3 is 15.4 Å². The van der Waals surface area contributed by atoms with Gasteiger partial charge in [-0.15, -0.1) is 0 Å². The summed E-state index contributed by atoms with van der Waals surface area (Å²) in [5.74, 6) is -0.276. The number of benzene rings is 2. The average molecular weight is 391 g/mol. The molecule has 0 radical (unpaired) electrons. The SMILES string of the molecule is COCCNC(=O)c1ccc(CNC(=O)c2ccc(Br)cc2)cc1. The van der Waals surface area contributed by atoms with Gasteiger partial charge in [0.05, 0.1) is 6.61 Å². The van der Waals surface area contributed by atoms with E-state index in [1.165, 1.54) is 0 Å². The molecule has 2 rings (SSSR count). The number of ether oxygens (including phenoxy) is 1. The van der Waals surface area contributed by atoms with E-state index in [1.807, 2.05) is 24.3 Å². The molecule has 6 heteroatoms. The highest BCUT2D eigenvalue weighted by Crippen LogP contribution is 2.11. The Kier molecular flexibility index (Phi) is 6.96. The molecule has 0 fully saturated rings. The van der Waals surface area contributed by atoms with Crippen LogP contribution in [0.4, 0.5) is 0 Å². The van der Waals surface area contributed by atoms with Gasteiger partial charge in [-0.2, -0.15) is 0 Å². The number of amides is 2. The fourth-order valence-electron chi connectivity index (χ4n) is 2.03. The maximum Gasteiger partial charge on any atom is 0.251 e. The molecule has 0 saturated carbocycles. The molecule has 2 aromatic rings. The highest BCUT2D eigenvalue weighted by molar-refractivity contribution is 9.10. The predicted molar refractivity (Wildman–Crippen MR) is 96.0 cm³/mol. The average Bonchev–Trinajstić information content (AvgIpc) is 2.61. The fraction of sp³-hybridized carbons (Fsp3) is 0.222. The summed E-state index contributed by atoms with van der Waals surface area (Å²) in [6.07, 6.45) is 0. The third-order valence-electron chi connectivity index (χ3n) is 3.37. The summed E-state index contributed by atoms with van der Waals surface area (Å²) in [6.45, 7) is 1.35. The second kappa shape index (κ2) is 9.20. The van der Waals surface area contributed by atoms with Crippen molar-refractivity contribution in [2.75, 3.05) is 20.3 Å². The molecular weight excluding hydrogens is 372 g/mol. The molecule has 0 aliphatic carbocycles. The summed E-state index contributed by atoms with van der Waals surface area (Å²) in [7, 11) is 1.59. The number of rotatable bonds is 7. The zero-order chi connectivity index (χ0) is 17.4. The number of methoxy groups -OCH3 is 1. The Hall–Kier alpha value is -2.18. The molecule has 2 aromatic carbocycles. The van der Waals surface area contributed by atoms with Crippen molar-refractivity contribution in [3.63, 3.8) is 0 Å². The van der Waals surface area contributed by atoms with Crippen molar-refractivity contribution >= 4 is 27.7 Å². The Balaban J connectivity index is 1.86. The zero-order valence-corrected chi connectivity index (χ0v) is 14.9. The topological polar surface area (TPSA) is 67.4 Å². The van der Waals surface area contributed by atoms with Crippen LogP contribution in [-0.4, -0.2) is 32.1 Å². The van der Waals surface area contributed by atoms with Gasteiger partial charge in [0.2, 0.25) is 0 Å². The normalized spacial score (nSPS) is 10.2. The first-order valence-electron chi connectivity index (χ1n) is 7.50. The lowest BCUT2D eigenvalue weighted by Crippen LogP contribution is -2.27. The standard InChI is InChI=1S/C18H19BrN2O3/c1-24-11-10-20-17(22)14-4-2-13(3-5-14)12-21-18(23)15-6-8-16(19)9-7-15/h2-9H,10-12H2,1H3,(H,20,22)(H,21,23). The van der Waals surface area contributed by atoms with Gasteiger partial charge in [-0.1, -0.05) is 28.1 Å². The van der Waals surface area contributed by atoms with Gasteiger partial charge in [-0.3, -0.25) is 9.59 Å². The van der Waals surface area contributed by atoms with Crippen molar-refractivity contribution in [3.8, 4) is 0 Å². The van der Waals surface area contributed by atoms with Gasteiger partial charge in [0.15, 0.2) is 0 Å². The van der Waals surface area contributed by atoms with Crippen LogP contribution in [0.15, 0.2) is 53.0 Å². The van der Waals surface area contributed by atoms with Crippen LogP contribution in [0.25, 0.3) is 0 Å². The van der Waals surface area contributed by atoms with Crippen molar-refractivity contribution in [1.29, 1.82) is 0 Å². The molecule has 0 atom stereocenters. The first kappa shape index (κ1) is 18.2. The molecule has 0 bridgehead atoms. The molecule has 2 N–H and O–H groups in total. The Morgan fingerprint density at radius 2 is 1.46 bits per heavy atom. The van der Waals surface area contributed by atoms with Gasteiger partial charge in [0, 0.05) is 35.8 Å². The molecule has 0 aromatic heterocycles. The van der Waals surface area contributed by atoms with Crippen LogP contribution in [0.1, 0.15) is 26.3 Å². The van der Waals surface area contributed by atoms with E-state index in [2.05, 4.69) is 26.6 Å². The monoisotopic (exact) mass is 390 g/mol. The maximum absolute atomic E-state index is 12.0. The lowest BCUT2D eigenvalue weighted by molar-refractivity contribution is 0.0932. The lowest BCUT2D eigenvalue weighted by Gasteiger charge is -2.07. The van der Waals surface area contributed by atoms with Crippen LogP contribution in [0.2, 0.25) is 0 Å². The summed E-state index contributed by atoms with van der Waals surface area (Å²) in [5, 5.41) is 5.61. The minimum Gasteiger partial charge on any atom is -0.383 e. The molecule has 126 valence electrons. The summed E-state index contributed by atoms with van der Waals surface area (Å²) in [4.78, 5) is 23.9. The predicted octanol–water partition coefficient (Wildman–Crippen LogP) is 2.76. The summed E-state index contributed by atoms with van der Waals surface area (Å²) in [5.41, 5.74) is 2.11.